The van der Waals surface area contributed by atoms with E-state index in [0.717, 1.165) is 18.4 Å². The van der Waals surface area contributed by atoms with Crippen molar-refractivity contribution < 1.29 is 9.90 Å². The van der Waals surface area contributed by atoms with E-state index in [1.54, 1.807) is 6.07 Å². The molecule has 0 fully saturated rings. The van der Waals surface area contributed by atoms with E-state index >= 15 is 0 Å². The first-order valence-corrected chi connectivity index (χ1v) is 6.13. The summed E-state index contributed by atoms with van der Waals surface area (Å²) in [7, 11) is 0. The van der Waals surface area contributed by atoms with Crippen LogP contribution in [0.4, 0.5) is 0 Å². The molecule has 102 valence electrons. The molecule has 0 aromatic heterocycles. The highest BCUT2D eigenvalue weighted by Crippen LogP contribution is 2.23. The van der Waals surface area contributed by atoms with Crippen molar-refractivity contribution in [2.24, 2.45) is 5.73 Å². The lowest BCUT2D eigenvalue weighted by molar-refractivity contribution is -0.143. The van der Waals surface area contributed by atoms with Crippen LogP contribution in [0, 0.1) is 0 Å². The number of carbonyl (C=O) groups is 1. The predicted molar refractivity (Wildman–Crippen MR) is 76.5 cm³/mol. The number of unbranched alkanes of at least 4 members (excludes halogenated alkanes) is 1. The van der Waals surface area contributed by atoms with Crippen molar-refractivity contribution in [1.29, 1.82) is 0 Å². The molecule has 1 atom stereocenters. The summed E-state index contributed by atoms with van der Waals surface area (Å²) in [4.78, 5) is 11.3. The molecular formula is C13H19Cl2NO2. The number of carboxylic acids is 1. The Hall–Kier alpha value is -0.770. The Morgan fingerprint density at radius 1 is 1.44 bits per heavy atom. The van der Waals surface area contributed by atoms with Gasteiger partial charge in [-0.2, -0.15) is 0 Å². The second kappa shape index (κ2) is 7.62. The molecule has 0 aliphatic carbocycles. The van der Waals surface area contributed by atoms with Gasteiger partial charge in [0.25, 0.3) is 0 Å². The Balaban J connectivity index is 0.00000289. The zero-order valence-electron chi connectivity index (χ0n) is 10.4. The lowest BCUT2D eigenvalue weighted by Gasteiger charge is -2.25. The van der Waals surface area contributed by atoms with Gasteiger partial charge in [0, 0.05) is 11.4 Å². The number of nitrogens with two attached hydrogens (primary N) is 1. The number of hydrogen-bond donors (Lipinski definition) is 2. The van der Waals surface area contributed by atoms with Gasteiger partial charge in [-0.25, -0.2) is 0 Å². The summed E-state index contributed by atoms with van der Waals surface area (Å²) < 4.78 is 0. The number of carboxylic acid groups (broad SMARTS) is 1. The smallest absolute Gasteiger partial charge is 0.324 e. The number of benzene rings is 1. The molecule has 0 amide bonds. The highest BCUT2D eigenvalue weighted by atomic mass is 35.5. The van der Waals surface area contributed by atoms with Crippen molar-refractivity contribution in [2.45, 2.75) is 38.1 Å². The third-order valence-electron chi connectivity index (χ3n) is 2.87. The van der Waals surface area contributed by atoms with E-state index in [9.17, 15) is 9.90 Å². The van der Waals surface area contributed by atoms with E-state index in [1.807, 2.05) is 25.1 Å². The maximum absolute atomic E-state index is 11.3. The molecule has 0 radical (unpaired) electrons. The maximum atomic E-state index is 11.3. The van der Waals surface area contributed by atoms with Gasteiger partial charge in [-0.1, -0.05) is 49.6 Å². The molecule has 0 saturated heterocycles. The summed E-state index contributed by atoms with van der Waals surface area (Å²) in [6.45, 7) is 2.01. The van der Waals surface area contributed by atoms with Gasteiger partial charge < -0.3 is 10.8 Å². The van der Waals surface area contributed by atoms with Crippen LogP contribution in [0.1, 0.15) is 31.7 Å². The third-order valence-corrected chi connectivity index (χ3v) is 3.23. The zero-order valence-corrected chi connectivity index (χ0v) is 11.9. The van der Waals surface area contributed by atoms with Crippen molar-refractivity contribution in [2.75, 3.05) is 0 Å². The Kier molecular flexibility index (Phi) is 7.29. The number of rotatable bonds is 6. The molecular weight excluding hydrogens is 273 g/mol. The minimum atomic E-state index is -1.22. The van der Waals surface area contributed by atoms with E-state index in [-0.39, 0.29) is 18.8 Å². The summed E-state index contributed by atoms with van der Waals surface area (Å²) in [6, 6.07) is 7.22. The van der Waals surface area contributed by atoms with Gasteiger partial charge in [-0.15, -0.1) is 12.4 Å². The first kappa shape index (κ1) is 17.2. The van der Waals surface area contributed by atoms with E-state index in [1.165, 1.54) is 0 Å². The fourth-order valence-corrected chi connectivity index (χ4v) is 1.95. The number of aliphatic carboxylic acids is 1. The van der Waals surface area contributed by atoms with Crippen LogP contribution in [0.5, 0.6) is 0 Å². The lowest BCUT2D eigenvalue weighted by atomic mass is 9.87. The van der Waals surface area contributed by atoms with Crippen LogP contribution >= 0.6 is 24.0 Å². The zero-order chi connectivity index (χ0) is 12.9. The van der Waals surface area contributed by atoms with Gasteiger partial charge in [0.05, 0.1) is 0 Å². The van der Waals surface area contributed by atoms with Crippen LogP contribution in [0.15, 0.2) is 24.3 Å². The number of hydrogen-bond acceptors (Lipinski definition) is 2. The highest BCUT2D eigenvalue weighted by Gasteiger charge is 2.33. The van der Waals surface area contributed by atoms with E-state index in [0.29, 0.717) is 11.4 Å². The fraction of sp³-hybridized carbons (Fsp3) is 0.462. The van der Waals surface area contributed by atoms with Crippen molar-refractivity contribution in [1.82, 2.24) is 0 Å². The summed E-state index contributed by atoms with van der Waals surface area (Å²) in [6.07, 6.45) is 2.45. The normalized spacial score (nSPS) is 13.5. The summed E-state index contributed by atoms with van der Waals surface area (Å²) in [5.41, 5.74) is 5.54. The molecule has 0 heterocycles. The standard InChI is InChI=1S/C13H18ClNO2.ClH/c1-2-3-8-13(15,12(16)17)9-10-6-4-5-7-11(10)14;/h4-7H,2-3,8-9,15H2,1H3,(H,16,17);1H/t13-;/m1./s1. The minimum Gasteiger partial charge on any atom is -0.480 e. The quantitative estimate of drug-likeness (QED) is 0.845. The first-order valence-electron chi connectivity index (χ1n) is 5.75. The monoisotopic (exact) mass is 291 g/mol. The van der Waals surface area contributed by atoms with Gasteiger partial charge >= 0.3 is 5.97 Å². The van der Waals surface area contributed by atoms with Gasteiger partial charge in [0.2, 0.25) is 0 Å². The average Bonchev–Trinajstić information content (AvgIpc) is 2.29. The van der Waals surface area contributed by atoms with Crippen LogP contribution in [0.25, 0.3) is 0 Å². The molecule has 3 nitrogen and oxygen atoms in total. The van der Waals surface area contributed by atoms with Gasteiger partial charge in [-0.3, -0.25) is 4.79 Å². The van der Waals surface area contributed by atoms with Crippen LogP contribution in [0.2, 0.25) is 5.02 Å². The van der Waals surface area contributed by atoms with Gasteiger partial charge in [0.1, 0.15) is 5.54 Å². The second-order valence-corrected chi connectivity index (χ2v) is 4.74. The molecule has 18 heavy (non-hydrogen) atoms. The summed E-state index contributed by atoms with van der Waals surface area (Å²) >= 11 is 6.02. The van der Waals surface area contributed by atoms with E-state index < -0.39 is 11.5 Å². The molecule has 0 bridgehead atoms. The average molecular weight is 292 g/mol. The molecule has 0 saturated carbocycles. The SMILES string of the molecule is CCCC[C@@](N)(Cc1ccccc1Cl)C(=O)O.Cl. The molecule has 0 aliphatic heterocycles. The van der Waals surface area contributed by atoms with E-state index in [4.69, 9.17) is 17.3 Å². The van der Waals surface area contributed by atoms with Crippen molar-refractivity contribution in [3.05, 3.63) is 34.9 Å². The van der Waals surface area contributed by atoms with Crippen LogP contribution in [-0.2, 0) is 11.2 Å². The number of halogens is 2. The summed E-state index contributed by atoms with van der Waals surface area (Å²) in [5.74, 6) is -0.967. The molecule has 5 heteroatoms. The van der Waals surface area contributed by atoms with Crippen molar-refractivity contribution in [3.8, 4) is 0 Å². The fourth-order valence-electron chi connectivity index (χ4n) is 1.74. The third kappa shape index (κ3) is 4.48. The molecule has 1 aromatic rings. The van der Waals surface area contributed by atoms with Gasteiger partial charge in [0.15, 0.2) is 0 Å². The Morgan fingerprint density at radius 3 is 2.56 bits per heavy atom. The van der Waals surface area contributed by atoms with Gasteiger partial charge in [-0.05, 0) is 18.1 Å². The van der Waals surface area contributed by atoms with Crippen molar-refractivity contribution in [3.63, 3.8) is 0 Å². The maximum Gasteiger partial charge on any atom is 0.324 e. The molecule has 0 unspecified atom stereocenters. The van der Waals surface area contributed by atoms with Crippen LogP contribution in [0.3, 0.4) is 0 Å². The second-order valence-electron chi connectivity index (χ2n) is 4.33. The minimum absolute atomic E-state index is 0. The molecule has 0 aliphatic rings. The Morgan fingerprint density at radius 2 is 2.06 bits per heavy atom. The molecule has 1 aromatic carbocycles. The van der Waals surface area contributed by atoms with E-state index in [2.05, 4.69) is 0 Å². The molecule has 3 N–H and O–H groups in total. The lowest BCUT2D eigenvalue weighted by Crippen LogP contribution is -2.49. The highest BCUT2D eigenvalue weighted by molar-refractivity contribution is 6.31. The summed E-state index contributed by atoms with van der Waals surface area (Å²) in [5, 5.41) is 9.81. The van der Waals surface area contributed by atoms with Crippen LogP contribution in [-0.4, -0.2) is 16.6 Å². The first-order chi connectivity index (χ1) is 7.99. The molecule has 0 spiro atoms. The largest absolute Gasteiger partial charge is 0.480 e. The topological polar surface area (TPSA) is 63.3 Å². The predicted octanol–water partition coefficient (Wildman–Crippen LogP) is 3.28. The Bertz CT molecular complexity index is 398. The Labute approximate surface area is 119 Å². The van der Waals surface area contributed by atoms with Crippen molar-refractivity contribution >= 4 is 30.0 Å². The van der Waals surface area contributed by atoms with Crippen LogP contribution < -0.4 is 5.73 Å². The molecule has 1 rings (SSSR count).